The molecule has 0 bridgehead atoms. The Morgan fingerprint density at radius 3 is 3.00 bits per heavy atom. The molecule has 144 valence electrons. The normalized spacial score (nSPS) is 17.8. The zero-order valence-electron chi connectivity index (χ0n) is 15.5. The van der Waals surface area contributed by atoms with Crippen molar-refractivity contribution >= 4 is 11.6 Å². The molecule has 1 unspecified atom stereocenters. The van der Waals surface area contributed by atoms with Crippen LogP contribution in [0, 0.1) is 10.1 Å². The van der Waals surface area contributed by atoms with Gasteiger partial charge in [-0.25, -0.2) is 4.99 Å². The number of nitro groups is 1. The molecule has 0 radical (unpaired) electrons. The summed E-state index contributed by atoms with van der Waals surface area (Å²) in [6, 6.07) is 6.70. The van der Waals surface area contributed by atoms with Gasteiger partial charge < -0.3 is 15.0 Å². The summed E-state index contributed by atoms with van der Waals surface area (Å²) < 4.78 is 7.64. The molecule has 1 saturated heterocycles. The van der Waals surface area contributed by atoms with E-state index in [1.165, 1.54) is 6.07 Å². The standard InChI is InChI=1S/C18H24N6O3/c1-3-19-18(20-10-14-6-4-5-7-16(14)24(25)26)23-8-9-27-17(13-23)15-11-21-22(2)12-15/h4-7,11-12,17H,3,8-10,13H2,1-2H3,(H,19,20). The van der Waals surface area contributed by atoms with E-state index in [4.69, 9.17) is 4.74 Å². The number of para-hydroxylation sites is 1. The smallest absolute Gasteiger partial charge is 0.274 e. The van der Waals surface area contributed by atoms with Gasteiger partial charge in [0.15, 0.2) is 5.96 Å². The van der Waals surface area contributed by atoms with E-state index in [0.717, 1.165) is 11.5 Å². The summed E-state index contributed by atoms with van der Waals surface area (Å²) in [4.78, 5) is 17.6. The maximum absolute atomic E-state index is 11.2. The van der Waals surface area contributed by atoms with E-state index in [-0.39, 0.29) is 23.3 Å². The lowest BCUT2D eigenvalue weighted by molar-refractivity contribution is -0.385. The number of hydrogen-bond acceptors (Lipinski definition) is 5. The van der Waals surface area contributed by atoms with Crippen molar-refractivity contribution in [3.63, 3.8) is 0 Å². The highest BCUT2D eigenvalue weighted by Gasteiger charge is 2.25. The highest BCUT2D eigenvalue weighted by atomic mass is 16.6. The van der Waals surface area contributed by atoms with Gasteiger partial charge in [0, 0.05) is 38.0 Å². The first-order chi connectivity index (χ1) is 13.1. The SMILES string of the molecule is CCNC(=NCc1ccccc1[N+](=O)[O-])N1CCOC(c2cnn(C)c2)C1. The minimum atomic E-state index is -0.370. The van der Waals surface area contributed by atoms with Crippen molar-refractivity contribution < 1.29 is 9.66 Å². The first kappa shape index (κ1) is 18.8. The molecule has 2 aromatic rings. The Morgan fingerprint density at radius 2 is 2.30 bits per heavy atom. The molecule has 1 aromatic heterocycles. The van der Waals surface area contributed by atoms with Crippen molar-refractivity contribution in [2.75, 3.05) is 26.2 Å². The van der Waals surface area contributed by atoms with E-state index in [2.05, 4.69) is 20.3 Å². The number of aromatic nitrogens is 2. The molecule has 1 aliphatic heterocycles. The number of rotatable bonds is 5. The van der Waals surface area contributed by atoms with Crippen molar-refractivity contribution in [3.8, 4) is 0 Å². The van der Waals surface area contributed by atoms with Crippen LogP contribution in [-0.4, -0.2) is 51.8 Å². The van der Waals surface area contributed by atoms with Gasteiger partial charge in [-0.15, -0.1) is 0 Å². The molecule has 1 fully saturated rings. The molecule has 1 N–H and O–H groups in total. The van der Waals surface area contributed by atoms with Crippen molar-refractivity contribution in [2.45, 2.75) is 19.6 Å². The maximum atomic E-state index is 11.2. The second-order valence-electron chi connectivity index (χ2n) is 6.31. The largest absolute Gasteiger partial charge is 0.370 e. The van der Waals surface area contributed by atoms with Gasteiger partial charge in [0.25, 0.3) is 5.69 Å². The minimum absolute atomic E-state index is 0.0811. The average Bonchev–Trinajstić information content (AvgIpc) is 3.12. The number of nitrogens with zero attached hydrogens (tertiary/aromatic N) is 5. The summed E-state index contributed by atoms with van der Waals surface area (Å²) in [6.45, 7) is 4.89. The van der Waals surface area contributed by atoms with Crippen LogP contribution in [0.2, 0.25) is 0 Å². The van der Waals surface area contributed by atoms with E-state index in [0.29, 0.717) is 31.8 Å². The quantitative estimate of drug-likeness (QED) is 0.372. The lowest BCUT2D eigenvalue weighted by Crippen LogP contribution is -2.48. The Balaban J connectivity index is 1.76. The number of aryl methyl sites for hydroxylation is 1. The first-order valence-electron chi connectivity index (χ1n) is 8.94. The molecule has 9 nitrogen and oxygen atoms in total. The van der Waals surface area contributed by atoms with Crippen LogP contribution in [0.1, 0.15) is 24.2 Å². The number of benzene rings is 1. The topological polar surface area (TPSA) is 97.8 Å². The van der Waals surface area contributed by atoms with Crippen LogP contribution in [0.15, 0.2) is 41.7 Å². The van der Waals surface area contributed by atoms with Gasteiger partial charge >= 0.3 is 0 Å². The summed E-state index contributed by atoms with van der Waals surface area (Å²) in [5, 5.41) is 18.7. The van der Waals surface area contributed by atoms with Crippen LogP contribution in [0.4, 0.5) is 5.69 Å². The predicted molar refractivity (Wildman–Crippen MR) is 101 cm³/mol. The van der Waals surface area contributed by atoms with Crippen molar-refractivity contribution in [3.05, 3.63) is 57.9 Å². The molecule has 0 spiro atoms. The Labute approximate surface area is 157 Å². The highest BCUT2D eigenvalue weighted by Crippen LogP contribution is 2.22. The van der Waals surface area contributed by atoms with E-state index >= 15 is 0 Å². The van der Waals surface area contributed by atoms with E-state index in [1.54, 1.807) is 22.9 Å². The summed E-state index contributed by atoms with van der Waals surface area (Å²) in [5.41, 5.74) is 1.71. The van der Waals surface area contributed by atoms with Crippen LogP contribution < -0.4 is 5.32 Å². The monoisotopic (exact) mass is 372 g/mol. The van der Waals surface area contributed by atoms with Crippen molar-refractivity contribution in [1.82, 2.24) is 20.0 Å². The van der Waals surface area contributed by atoms with Gasteiger partial charge in [-0.1, -0.05) is 18.2 Å². The molecule has 9 heteroatoms. The molecule has 1 aliphatic rings. The Bertz CT molecular complexity index is 819. The fraction of sp³-hybridized carbons (Fsp3) is 0.444. The molecule has 0 amide bonds. The second kappa shape index (κ2) is 8.63. The summed E-state index contributed by atoms with van der Waals surface area (Å²) >= 11 is 0. The maximum Gasteiger partial charge on any atom is 0.274 e. The first-order valence-corrected chi connectivity index (χ1v) is 8.94. The third kappa shape index (κ3) is 4.62. The van der Waals surface area contributed by atoms with E-state index in [9.17, 15) is 10.1 Å². The Kier molecular flexibility index (Phi) is 6.02. The summed E-state index contributed by atoms with van der Waals surface area (Å²) in [7, 11) is 1.88. The zero-order valence-corrected chi connectivity index (χ0v) is 15.5. The minimum Gasteiger partial charge on any atom is -0.370 e. The number of aliphatic imine (C=N–C) groups is 1. The molecule has 27 heavy (non-hydrogen) atoms. The van der Waals surface area contributed by atoms with Gasteiger partial charge in [0.2, 0.25) is 0 Å². The predicted octanol–water partition coefficient (Wildman–Crippen LogP) is 1.87. The van der Waals surface area contributed by atoms with Crippen molar-refractivity contribution in [1.29, 1.82) is 0 Å². The lowest BCUT2D eigenvalue weighted by atomic mass is 10.1. The van der Waals surface area contributed by atoms with Gasteiger partial charge in [0.05, 0.1) is 36.4 Å². The van der Waals surface area contributed by atoms with Crippen LogP contribution >= 0.6 is 0 Å². The van der Waals surface area contributed by atoms with Gasteiger partial charge in [-0.2, -0.15) is 5.10 Å². The van der Waals surface area contributed by atoms with Gasteiger partial charge in [-0.3, -0.25) is 14.8 Å². The third-order valence-corrected chi connectivity index (χ3v) is 4.38. The number of nitrogens with one attached hydrogen (secondary N) is 1. The van der Waals surface area contributed by atoms with E-state index < -0.39 is 0 Å². The van der Waals surface area contributed by atoms with Crippen molar-refractivity contribution in [2.24, 2.45) is 12.0 Å². The van der Waals surface area contributed by atoms with Crippen LogP contribution in [0.3, 0.4) is 0 Å². The summed E-state index contributed by atoms with van der Waals surface area (Å²) in [5.74, 6) is 0.729. The third-order valence-electron chi connectivity index (χ3n) is 4.38. The van der Waals surface area contributed by atoms with E-state index in [1.807, 2.05) is 26.4 Å². The number of ether oxygens (including phenoxy) is 1. The van der Waals surface area contributed by atoms with Crippen LogP contribution in [-0.2, 0) is 18.3 Å². The number of morpholine rings is 1. The highest BCUT2D eigenvalue weighted by molar-refractivity contribution is 5.80. The summed E-state index contributed by atoms with van der Waals surface area (Å²) in [6.07, 6.45) is 3.68. The molecule has 1 aromatic carbocycles. The molecular formula is C18H24N6O3. The Hall–Kier alpha value is -2.94. The molecule has 3 rings (SSSR count). The molecule has 0 saturated carbocycles. The number of hydrogen-bond donors (Lipinski definition) is 1. The molecule has 0 aliphatic carbocycles. The number of nitro benzene ring substituents is 1. The lowest BCUT2D eigenvalue weighted by Gasteiger charge is -2.34. The molecule has 1 atom stereocenters. The molecular weight excluding hydrogens is 348 g/mol. The fourth-order valence-electron chi connectivity index (χ4n) is 3.06. The zero-order chi connectivity index (χ0) is 19.2. The van der Waals surface area contributed by atoms with Crippen LogP contribution in [0.5, 0.6) is 0 Å². The van der Waals surface area contributed by atoms with Gasteiger partial charge in [0.1, 0.15) is 6.10 Å². The average molecular weight is 372 g/mol. The fourth-order valence-corrected chi connectivity index (χ4v) is 3.06. The molecule has 2 heterocycles. The number of guanidine groups is 1. The van der Waals surface area contributed by atoms with Crippen LogP contribution in [0.25, 0.3) is 0 Å². The second-order valence-corrected chi connectivity index (χ2v) is 6.31. The Morgan fingerprint density at radius 1 is 1.48 bits per heavy atom. The van der Waals surface area contributed by atoms with Gasteiger partial charge in [-0.05, 0) is 6.92 Å².